The van der Waals surface area contributed by atoms with Crippen LogP contribution in [-0.4, -0.2) is 34.1 Å². The zero-order valence-corrected chi connectivity index (χ0v) is 11.0. The summed E-state index contributed by atoms with van der Waals surface area (Å²) in [5, 5.41) is 3.24. The van der Waals surface area contributed by atoms with Crippen molar-refractivity contribution in [2.24, 2.45) is 0 Å². The average molecular weight is 272 g/mol. The van der Waals surface area contributed by atoms with Gasteiger partial charge in [-0.2, -0.15) is 4.98 Å². The summed E-state index contributed by atoms with van der Waals surface area (Å²) in [6, 6.07) is 3.82. The minimum Gasteiger partial charge on any atom is -0.472 e. The van der Waals surface area contributed by atoms with Gasteiger partial charge < -0.3 is 14.8 Å². The van der Waals surface area contributed by atoms with Crippen molar-refractivity contribution in [3.05, 3.63) is 42.5 Å². The van der Waals surface area contributed by atoms with Crippen molar-refractivity contribution >= 4 is 0 Å². The zero-order valence-electron chi connectivity index (χ0n) is 11.0. The maximum Gasteiger partial charge on any atom is 0.235 e. The first-order chi connectivity index (χ1) is 9.90. The van der Waals surface area contributed by atoms with E-state index in [4.69, 9.17) is 9.47 Å². The molecule has 1 unspecified atom stereocenters. The van der Waals surface area contributed by atoms with Crippen molar-refractivity contribution in [2.75, 3.05) is 13.1 Å². The highest BCUT2D eigenvalue weighted by atomic mass is 16.5. The van der Waals surface area contributed by atoms with Crippen LogP contribution < -0.4 is 14.8 Å². The van der Waals surface area contributed by atoms with E-state index in [0.717, 1.165) is 25.1 Å². The summed E-state index contributed by atoms with van der Waals surface area (Å²) in [5.74, 6) is 0.958. The van der Waals surface area contributed by atoms with Crippen molar-refractivity contribution in [3.63, 3.8) is 0 Å². The van der Waals surface area contributed by atoms with Gasteiger partial charge in [0.1, 0.15) is 12.7 Å². The molecule has 0 aliphatic carbocycles. The number of hydrogen-bond donors (Lipinski definition) is 1. The summed E-state index contributed by atoms with van der Waals surface area (Å²) in [6.45, 7) is 2.24. The zero-order chi connectivity index (χ0) is 13.6. The monoisotopic (exact) mass is 272 g/mol. The van der Waals surface area contributed by atoms with Gasteiger partial charge in [0.05, 0.1) is 12.4 Å². The predicted molar refractivity (Wildman–Crippen MR) is 72.5 cm³/mol. The Morgan fingerprint density at radius 3 is 2.95 bits per heavy atom. The molecular formula is C14H16N4O2. The molecule has 1 aliphatic heterocycles. The second-order valence-electron chi connectivity index (χ2n) is 4.58. The van der Waals surface area contributed by atoms with E-state index in [1.54, 1.807) is 24.8 Å². The van der Waals surface area contributed by atoms with Gasteiger partial charge in [-0.05, 0) is 19.0 Å². The number of nitrogens with zero attached hydrogens (tertiary/aromatic N) is 3. The van der Waals surface area contributed by atoms with Crippen LogP contribution in [0.2, 0.25) is 0 Å². The van der Waals surface area contributed by atoms with Crippen molar-refractivity contribution in [2.45, 2.75) is 19.1 Å². The van der Waals surface area contributed by atoms with Crippen LogP contribution in [-0.2, 0) is 6.61 Å². The highest BCUT2D eigenvalue weighted by Gasteiger charge is 2.16. The predicted octanol–water partition coefficient (Wildman–Crippen LogP) is 1.19. The molecule has 3 heterocycles. The average Bonchev–Trinajstić information content (AvgIpc) is 3.00. The third-order valence-electron chi connectivity index (χ3n) is 3.00. The number of pyridine rings is 1. The molecule has 0 radical (unpaired) electrons. The first kappa shape index (κ1) is 12.8. The van der Waals surface area contributed by atoms with Gasteiger partial charge in [-0.1, -0.05) is 6.07 Å². The summed E-state index contributed by atoms with van der Waals surface area (Å²) >= 11 is 0. The molecule has 1 N–H and O–H groups in total. The topological polar surface area (TPSA) is 69.2 Å². The maximum absolute atomic E-state index is 5.74. The Kier molecular flexibility index (Phi) is 4.03. The number of ether oxygens (including phenoxy) is 2. The number of aromatic nitrogens is 3. The second kappa shape index (κ2) is 6.29. The lowest BCUT2D eigenvalue weighted by Gasteiger charge is -2.12. The molecule has 1 aliphatic rings. The van der Waals surface area contributed by atoms with Crippen LogP contribution in [0.4, 0.5) is 0 Å². The lowest BCUT2D eigenvalue weighted by molar-refractivity contribution is 0.207. The molecule has 2 aromatic rings. The lowest BCUT2D eigenvalue weighted by atomic mass is 10.3. The molecule has 3 rings (SSSR count). The molecule has 2 aromatic heterocycles. The molecule has 1 fully saturated rings. The van der Waals surface area contributed by atoms with Gasteiger partial charge in [-0.25, -0.2) is 0 Å². The van der Waals surface area contributed by atoms with Crippen LogP contribution in [0.25, 0.3) is 0 Å². The standard InChI is InChI=1S/C14H16N4O2/c1-2-11(6-15-4-1)10-19-13-8-17-9-14(18-13)20-12-3-5-16-7-12/h1-2,4,6,8-9,12,16H,3,5,7,10H2. The smallest absolute Gasteiger partial charge is 0.235 e. The van der Waals surface area contributed by atoms with Gasteiger partial charge >= 0.3 is 0 Å². The Hall–Kier alpha value is -2.21. The molecule has 0 amide bonds. The summed E-state index contributed by atoms with van der Waals surface area (Å²) in [4.78, 5) is 12.4. The van der Waals surface area contributed by atoms with E-state index in [2.05, 4.69) is 20.3 Å². The lowest BCUT2D eigenvalue weighted by Crippen LogP contribution is -2.20. The fraction of sp³-hybridized carbons (Fsp3) is 0.357. The normalized spacial score (nSPS) is 17.9. The molecule has 1 saturated heterocycles. The highest BCUT2D eigenvalue weighted by Crippen LogP contribution is 2.15. The number of rotatable bonds is 5. The molecule has 20 heavy (non-hydrogen) atoms. The van der Waals surface area contributed by atoms with Crippen LogP contribution in [0.5, 0.6) is 11.8 Å². The number of nitrogens with one attached hydrogen (secondary N) is 1. The van der Waals surface area contributed by atoms with E-state index in [1.807, 2.05) is 12.1 Å². The van der Waals surface area contributed by atoms with Gasteiger partial charge in [0.25, 0.3) is 0 Å². The molecule has 0 bridgehead atoms. The maximum atomic E-state index is 5.74. The van der Waals surface area contributed by atoms with Gasteiger partial charge in [0.2, 0.25) is 11.8 Å². The summed E-state index contributed by atoms with van der Waals surface area (Å²) in [7, 11) is 0. The van der Waals surface area contributed by atoms with Crippen LogP contribution in [0.15, 0.2) is 36.9 Å². The first-order valence-corrected chi connectivity index (χ1v) is 6.61. The van der Waals surface area contributed by atoms with Gasteiger partial charge in [0.15, 0.2) is 0 Å². The summed E-state index contributed by atoms with van der Waals surface area (Å²) in [5.41, 5.74) is 0.987. The number of hydrogen-bond acceptors (Lipinski definition) is 6. The van der Waals surface area contributed by atoms with Crippen molar-refractivity contribution < 1.29 is 9.47 Å². The molecule has 1 atom stereocenters. The van der Waals surface area contributed by atoms with E-state index < -0.39 is 0 Å². The SMILES string of the molecule is c1cncc(COc2cncc(OC3CCNC3)n2)c1. The van der Waals surface area contributed by atoms with Crippen LogP contribution in [0.1, 0.15) is 12.0 Å². The fourth-order valence-electron chi connectivity index (χ4n) is 2.00. The van der Waals surface area contributed by atoms with Gasteiger partial charge in [0, 0.05) is 24.5 Å². The minimum absolute atomic E-state index is 0.165. The second-order valence-corrected chi connectivity index (χ2v) is 4.58. The van der Waals surface area contributed by atoms with Crippen LogP contribution >= 0.6 is 0 Å². The fourth-order valence-corrected chi connectivity index (χ4v) is 2.00. The van der Waals surface area contributed by atoms with Crippen molar-refractivity contribution in [1.29, 1.82) is 0 Å². The van der Waals surface area contributed by atoms with Crippen molar-refractivity contribution in [3.8, 4) is 11.8 Å². The quantitative estimate of drug-likeness (QED) is 0.881. The van der Waals surface area contributed by atoms with E-state index >= 15 is 0 Å². The Labute approximate surface area is 117 Å². The van der Waals surface area contributed by atoms with Crippen LogP contribution in [0, 0.1) is 0 Å². The summed E-state index contributed by atoms with van der Waals surface area (Å²) < 4.78 is 11.3. The Balaban J connectivity index is 1.59. The molecule has 104 valence electrons. The van der Waals surface area contributed by atoms with E-state index in [1.165, 1.54) is 0 Å². The molecule has 6 heteroatoms. The van der Waals surface area contributed by atoms with E-state index in [0.29, 0.717) is 18.4 Å². The molecule has 0 spiro atoms. The molecule has 6 nitrogen and oxygen atoms in total. The Morgan fingerprint density at radius 2 is 2.15 bits per heavy atom. The highest BCUT2D eigenvalue weighted by molar-refractivity contribution is 5.14. The van der Waals surface area contributed by atoms with Crippen LogP contribution in [0.3, 0.4) is 0 Å². The van der Waals surface area contributed by atoms with Gasteiger partial charge in [-0.15, -0.1) is 0 Å². The molecular weight excluding hydrogens is 256 g/mol. The van der Waals surface area contributed by atoms with E-state index in [9.17, 15) is 0 Å². The van der Waals surface area contributed by atoms with Gasteiger partial charge in [-0.3, -0.25) is 9.97 Å². The van der Waals surface area contributed by atoms with E-state index in [-0.39, 0.29) is 6.10 Å². The third-order valence-corrected chi connectivity index (χ3v) is 3.00. The molecule has 0 aromatic carbocycles. The largest absolute Gasteiger partial charge is 0.472 e. The summed E-state index contributed by atoms with van der Waals surface area (Å²) in [6.07, 6.45) is 7.83. The van der Waals surface area contributed by atoms with Crippen molar-refractivity contribution in [1.82, 2.24) is 20.3 Å². The molecule has 0 saturated carbocycles. The Bertz CT molecular complexity index is 544. The first-order valence-electron chi connectivity index (χ1n) is 6.61. The third kappa shape index (κ3) is 3.42. The minimum atomic E-state index is 0.165. The Morgan fingerprint density at radius 1 is 1.20 bits per heavy atom.